The van der Waals surface area contributed by atoms with Gasteiger partial charge in [0.1, 0.15) is 0 Å². The lowest BCUT2D eigenvalue weighted by atomic mass is 10.1. The van der Waals surface area contributed by atoms with Crippen molar-refractivity contribution in [3.63, 3.8) is 0 Å². The molecule has 1 fully saturated rings. The van der Waals surface area contributed by atoms with Crippen LogP contribution in [0.3, 0.4) is 0 Å². The molecule has 98 valence electrons. The monoisotopic (exact) mass is 250 g/mol. The maximum atomic E-state index is 10.5. The number of rotatable bonds is 5. The molecule has 0 spiro atoms. The lowest BCUT2D eigenvalue weighted by molar-refractivity contribution is -0.137. The van der Waals surface area contributed by atoms with Crippen molar-refractivity contribution in [3.05, 3.63) is 35.4 Å². The Morgan fingerprint density at radius 1 is 1.44 bits per heavy atom. The fourth-order valence-corrected chi connectivity index (χ4v) is 2.07. The maximum Gasteiger partial charge on any atom is 0.303 e. The molecule has 1 aromatic rings. The summed E-state index contributed by atoms with van der Waals surface area (Å²) in [5, 5.41) is 8.61. The fourth-order valence-electron chi connectivity index (χ4n) is 2.07. The summed E-state index contributed by atoms with van der Waals surface area (Å²) < 4.78 is 11.2. The van der Waals surface area contributed by atoms with E-state index in [-0.39, 0.29) is 18.8 Å². The van der Waals surface area contributed by atoms with Gasteiger partial charge in [0.25, 0.3) is 0 Å². The van der Waals surface area contributed by atoms with Crippen molar-refractivity contribution in [1.29, 1.82) is 0 Å². The number of hydrogen-bond acceptors (Lipinski definition) is 3. The first-order valence-corrected chi connectivity index (χ1v) is 6.18. The Bertz CT molecular complexity index is 416. The van der Waals surface area contributed by atoms with Crippen molar-refractivity contribution in [1.82, 2.24) is 0 Å². The predicted molar refractivity (Wildman–Crippen MR) is 66.4 cm³/mol. The van der Waals surface area contributed by atoms with E-state index in [1.54, 1.807) is 0 Å². The van der Waals surface area contributed by atoms with E-state index in [0.29, 0.717) is 13.0 Å². The van der Waals surface area contributed by atoms with Gasteiger partial charge < -0.3 is 14.6 Å². The lowest BCUT2D eigenvalue weighted by Gasteiger charge is -2.12. The lowest BCUT2D eigenvalue weighted by Crippen LogP contribution is -2.16. The third-order valence-electron chi connectivity index (χ3n) is 3.14. The van der Waals surface area contributed by atoms with Crippen molar-refractivity contribution in [2.45, 2.75) is 38.6 Å². The Labute approximate surface area is 107 Å². The van der Waals surface area contributed by atoms with E-state index in [2.05, 4.69) is 19.1 Å². The second-order valence-corrected chi connectivity index (χ2v) is 4.58. The highest BCUT2D eigenvalue weighted by atomic mass is 16.7. The van der Waals surface area contributed by atoms with Crippen LogP contribution in [0.5, 0.6) is 0 Å². The Balaban J connectivity index is 1.83. The molecule has 2 atom stereocenters. The first-order valence-electron chi connectivity index (χ1n) is 6.18. The van der Waals surface area contributed by atoms with E-state index < -0.39 is 5.97 Å². The molecule has 1 aliphatic heterocycles. The summed E-state index contributed by atoms with van der Waals surface area (Å²) in [7, 11) is 0. The van der Waals surface area contributed by atoms with Crippen LogP contribution in [0.4, 0.5) is 0 Å². The molecule has 2 rings (SSSR count). The minimum atomic E-state index is -0.791. The Kier molecular flexibility index (Phi) is 4.33. The van der Waals surface area contributed by atoms with Crippen LogP contribution in [0.1, 0.15) is 24.0 Å². The molecule has 1 aliphatic rings. The summed E-state index contributed by atoms with van der Waals surface area (Å²) in [4.78, 5) is 10.5. The zero-order valence-corrected chi connectivity index (χ0v) is 10.5. The molecule has 4 heteroatoms. The molecule has 0 radical (unpaired) electrons. The van der Waals surface area contributed by atoms with Gasteiger partial charge >= 0.3 is 5.97 Å². The first-order chi connectivity index (χ1) is 8.65. The fraction of sp³-hybridized carbons (Fsp3) is 0.500. The van der Waals surface area contributed by atoms with Crippen LogP contribution in [-0.4, -0.2) is 30.1 Å². The normalized spacial score (nSPS) is 23.2. The minimum Gasteiger partial charge on any atom is -0.481 e. The summed E-state index contributed by atoms with van der Waals surface area (Å²) in [5.41, 5.74) is 2.43. The molecule has 1 heterocycles. The Hall–Kier alpha value is -1.39. The van der Waals surface area contributed by atoms with Crippen LogP contribution in [0, 0.1) is 6.92 Å². The molecule has 0 bridgehead atoms. The number of aryl methyl sites for hydroxylation is 1. The van der Waals surface area contributed by atoms with Crippen LogP contribution < -0.4 is 0 Å². The summed E-state index contributed by atoms with van der Waals surface area (Å²) in [5.74, 6) is -0.791. The molecule has 0 saturated carbocycles. The largest absolute Gasteiger partial charge is 0.481 e. The minimum absolute atomic E-state index is 0.0879. The average Bonchev–Trinajstić information content (AvgIpc) is 2.77. The number of benzene rings is 1. The molecule has 1 saturated heterocycles. The second-order valence-electron chi connectivity index (χ2n) is 4.58. The average molecular weight is 250 g/mol. The number of carboxylic acids is 1. The van der Waals surface area contributed by atoms with Crippen LogP contribution in [0.25, 0.3) is 0 Å². The third-order valence-corrected chi connectivity index (χ3v) is 3.14. The van der Waals surface area contributed by atoms with Crippen molar-refractivity contribution in [2.24, 2.45) is 0 Å². The highest BCUT2D eigenvalue weighted by Crippen LogP contribution is 2.20. The van der Waals surface area contributed by atoms with Gasteiger partial charge in [-0.25, -0.2) is 0 Å². The van der Waals surface area contributed by atoms with Crippen LogP contribution in [-0.2, 0) is 20.7 Å². The highest BCUT2D eigenvalue weighted by Gasteiger charge is 2.26. The van der Waals surface area contributed by atoms with Crippen molar-refractivity contribution in [3.8, 4) is 0 Å². The Morgan fingerprint density at radius 2 is 2.22 bits per heavy atom. The summed E-state index contributed by atoms with van der Waals surface area (Å²) in [6, 6.07) is 8.13. The van der Waals surface area contributed by atoms with Crippen LogP contribution in [0.15, 0.2) is 24.3 Å². The summed E-state index contributed by atoms with van der Waals surface area (Å²) in [6.07, 6.45) is 1.03. The van der Waals surface area contributed by atoms with Gasteiger partial charge in [-0.1, -0.05) is 24.3 Å². The van der Waals surface area contributed by atoms with Gasteiger partial charge in [-0.05, 0) is 24.5 Å². The van der Waals surface area contributed by atoms with Gasteiger partial charge in [0.15, 0.2) is 6.29 Å². The van der Waals surface area contributed by atoms with Crippen LogP contribution in [0.2, 0.25) is 0 Å². The van der Waals surface area contributed by atoms with Gasteiger partial charge in [0.05, 0.1) is 12.7 Å². The van der Waals surface area contributed by atoms with Gasteiger partial charge in [0.2, 0.25) is 0 Å². The van der Waals surface area contributed by atoms with Crippen molar-refractivity contribution in [2.75, 3.05) is 6.61 Å². The summed E-state index contributed by atoms with van der Waals surface area (Å²) in [6.45, 7) is 2.55. The molecule has 4 nitrogen and oxygen atoms in total. The smallest absolute Gasteiger partial charge is 0.303 e. The third kappa shape index (κ3) is 3.55. The zero-order chi connectivity index (χ0) is 13.0. The van der Waals surface area contributed by atoms with Crippen LogP contribution >= 0.6 is 0 Å². The molecular weight excluding hydrogens is 232 g/mol. The molecule has 0 amide bonds. The molecular formula is C14H18O4. The zero-order valence-electron chi connectivity index (χ0n) is 10.5. The van der Waals surface area contributed by atoms with Gasteiger partial charge in [0, 0.05) is 12.8 Å². The number of aliphatic carboxylic acids is 1. The predicted octanol–water partition coefficient (Wildman–Crippen LogP) is 2.14. The highest BCUT2D eigenvalue weighted by molar-refractivity contribution is 5.66. The maximum absolute atomic E-state index is 10.5. The van der Waals surface area contributed by atoms with Gasteiger partial charge in [-0.2, -0.15) is 0 Å². The standard InChI is InChI=1S/C14H18O4/c1-10-4-2-3-5-11(10)8-14-17-9-12(18-14)6-7-13(15)16/h2-5,12,14H,6-9H2,1H3,(H,15,16). The van der Waals surface area contributed by atoms with E-state index in [9.17, 15) is 4.79 Å². The molecule has 1 aromatic carbocycles. The topological polar surface area (TPSA) is 55.8 Å². The Morgan fingerprint density at radius 3 is 2.94 bits per heavy atom. The molecule has 1 N–H and O–H groups in total. The number of ether oxygens (including phenoxy) is 2. The van der Waals surface area contributed by atoms with E-state index in [1.165, 1.54) is 11.1 Å². The van der Waals surface area contributed by atoms with E-state index in [0.717, 1.165) is 6.42 Å². The SMILES string of the molecule is Cc1ccccc1CC1OCC(CCC(=O)O)O1. The molecule has 2 unspecified atom stereocenters. The molecule has 18 heavy (non-hydrogen) atoms. The second kappa shape index (κ2) is 5.98. The summed E-state index contributed by atoms with van der Waals surface area (Å²) >= 11 is 0. The number of carbonyl (C=O) groups is 1. The van der Waals surface area contributed by atoms with Crippen molar-refractivity contribution < 1.29 is 19.4 Å². The number of carboxylic acid groups (broad SMARTS) is 1. The van der Waals surface area contributed by atoms with E-state index in [4.69, 9.17) is 14.6 Å². The van der Waals surface area contributed by atoms with Gasteiger partial charge in [-0.15, -0.1) is 0 Å². The molecule has 0 aromatic heterocycles. The van der Waals surface area contributed by atoms with E-state index in [1.807, 2.05) is 12.1 Å². The van der Waals surface area contributed by atoms with Gasteiger partial charge in [-0.3, -0.25) is 4.79 Å². The quantitative estimate of drug-likeness (QED) is 0.870. The first kappa shape index (κ1) is 13.1. The molecule has 0 aliphatic carbocycles. The van der Waals surface area contributed by atoms with E-state index >= 15 is 0 Å². The van der Waals surface area contributed by atoms with Crippen molar-refractivity contribution >= 4 is 5.97 Å². The number of hydrogen-bond donors (Lipinski definition) is 1.